The van der Waals surface area contributed by atoms with Gasteiger partial charge >= 0.3 is 0 Å². The van der Waals surface area contributed by atoms with Crippen LogP contribution in [-0.2, 0) is 6.42 Å². The van der Waals surface area contributed by atoms with Gasteiger partial charge in [0.25, 0.3) is 0 Å². The smallest absolute Gasteiger partial charge is 0.173 e. The Hall–Kier alpha value is -1.06. The van der Waals surface area contributed by atoms with E-state index < -0.39 is 0 Å². The Morgan fingerprint density at radius 2 is 2.16 bits per heavy atom. The Morgan fingerprint density at radius 1 is 1.32 bits per heavy atom. The van der Waals surface area contributed by atoms with E-state index in [-0.39, 0.29) is 6.04 Å². The van der Waals surface area contributed by atoms with Crippen molar-refractivity contribution in [1.82, 2.24) is 5.32 Å². The zero-order chi connectivity index (χ0) is 13.7. The van der Waals surface area contributed by atoms with Crippen LogP contribution in [0.5, 0.6) is 0 Å². The summed E-state index contributed by atoms with van der Waals surface area (Å²) in [6.45, 7) is 5.32. The van der Waals surface area contributed by atoms with Crippen LogP contribution in [0.3, 0.4) is 0 Å². The third kappa shape index (κ3) is 3.95. The minimum Gasteiger partial charge on any atom is -0.457 e. The van der Waals surface area contributed by atoms with Gasteiger partial charge in [0.2, 0.25) is 0 Å². The number of benzene rings is 1. The average molecular weight is 322 g/mol. The summed E-state index contributed by atoms with van der Waals surface area (Å²) in [5.74, 6) is 0. The van der Waals surface area contributed by atoms with Crippen LogP contribution in [-0.4, -0.2) is 6.54 Å². The minimum absolute atomic E-state index is 0.287. The van der Waals surface area contributed by atoms with Gasteiger partial charge in [0.1, 0.15) is 0 Å². The minimum atomic E-state index is 0.287. The summed E-state index contributed by atoms with van der Waals surface area (Å²) in [6, 6.07) is 11.0. The molecule has 0 aliphatic heterocycles. The standard InChI is InChI=1S/C16H20BrNO/c1-3-8-18-15(14-7-9-19-16(14)17)11-13-6-4-5-12(2)10-13/h4-7,9-10,15,18H,3,8,11H2,1-2H3. The fourth-order valence-corrected chi connectivity index (χ4v) is 2.76. The average Bonchev–Trinajstić information content (AvgIpc) is 2.81. The molecule has 0 radical (unpaired) electrons. The molecule has 1 unspecified atom stereocenters. The Bertz CT molecular complexity index is 521. The van der Waals surface area contributed by atoms with E-state index in [0.29, 0.717) is 0 Å². The van der Waals surface area contributed by atoms with Crippen molar-refractivity contribution in [2.45, 2.75) is 32.7 Å². The zero-order valence-corrected chi connectivity index (χ0v) is 13.0. The lowest BCUT2D eigenvalue weighted by Crippen LogP contribution is -2.24. The van der Waals surface area contributed by atoms with Crippen LogP contribution in [0.1, 0.15) is 36.1 Å². The SMILES string of the molecule is CCCNC(Cc1cccc(C)c1)c1ccoc1Br. The van der Waals surface area contributed by atoms with Crippen LogP contribution in [0.15, 0.2) is 45.7 Å². The van der Waals surface area contributed by atoms with E-state index in [1.54, 1.807) is 6.26 Å². The molecule has 0 fully saturated rings. The van der Waals surface area contributed by atoms with Gasteiger partial charge in [-0.05, 0) is 53.9 Å². The molecule has 0 saturated carbocycles. The molecule has 0 aliphatic carbocycles. The van der Waals surface area contributed by atoms with Crippen LogP contribution in [0.4, 0.5) is 0 Å². The molecule has 1 atom stereocenters. The summed E-state index contributed by atoms with van der Waals surface area (Å²) in [5.41, 5.74) is 3.84. The Balaban J connectivity index is 2.16. The van der Waals surface area contributed by atoms with E-state index >= 15 is 0 Å². The molecular formula is C16H20BrNO. The van der Waals surface area contributed by atoms with Gasteiger partial charge in [-0.2, -0.15) is 0 Å². The maximum atomic E-state index is 5.36. The lowest BCUT2D eigenvalue weighted by molar-refractivity contribution is 0.498. The first-order valence-electron chi connectivity index (χ1n) is 6.72. The molecule has 0 spiro atoms. The number of furan rings is 1. The molecule has 3 heteroatoms. The number of nitrogens with one attached hydrogen (secondary N) is 1. The monoisotopic (exact) mass is 321 g/mol. The second kappa shape index (κ2) is 6.92. The molecule has 0 amide bonds. The molecule has 1 heterocycles. The van der Waals surface area contributed by atoms with Crippen molar-refractivity contribution in [3.63, 3.8) is 0 Å². The third-order valence-electron chi connectivity index (χ3n) is 3.18. The maximum absolute atomic E-state index is 5.36. The Morgan fingerprint density at radius 3 is 2.79 bits per heavy atom. The van der Waals surface area contributed by atoms with Gasteiger partial charge in [0, 0.05) is 11.6 Å². The van der Waals surface area contributed by atoms with E-state index in [4.69, 9.17) is 4.42 Å². The second-order valence-electron chi connectivity index (χ2n) is 4.85. The fraction of sp³-hybridized carbons (Fsp3) is 0.375. The first kappa shape index (κ1) is 14.4. The third-order valence-corrected chi connectivity index (χ3v) is 3.83. The number of hydrogen-bond donors (Lipinski definition) is 1. The van der Waals surface area contributed by atoms with Crippen LogP contribution in [0.25, 0.3) is 0 Å². The lowest BCUT2D eigenvalue weighted by atomic mass is 10.00. The second-order valence-corrected chi connectivity index (χ2v) is 5.57. The van der Waals surface area contributed by atoms with E-state index in [9.17, 15) is 0 Å². The van der Waals surface area contributed by atoms with Crippen molar-refractivity contribution in [2.75, 3.05) is 6.54 Å². The zero-order valence-electron chi connectivity index (χ0n) is 11.4. The van der Waals surface area contributed by atoms with Gasteiger partial charge in [-0.3, -0.25) is 0 Å². The summed E-state index contributed by atoms with van der Waals surface area (Å²) in [6.07, 6.45) is 3.83. The number of rotatable bonds is 6. The highest BCUT2D eigenvalue weighted by atomic mass is 79.9. The summed E-state index contributed by atoms with van der Waals surface area (Å²) in [4.78, 5) is 0. The Kier molecular flexibility index (Phi) is 5.23. The molecule has 0 aliphatic rings. The summed E-state index contributed by atoms with van der Waals surface area (Å²) < 4.78 is 6.19. The van der Waals surface area contributed by atoms with Crippen molar-refractivity contribution in [1.29, 1.82) is 0 Å². The number of halogens is 1. The molecule has 0 bridgehead atoms. The first-order valence-corrected chi connectivity index (χ1v) is 7.51. The maximum Gasteiger partial charge on any atom is 0.173 e. The molecule has 1 N–H and O–H groups in total. The van der Waals surface area contributed by atoms with Crippen molar-refractivity contribution in [2.24, 2.45) is 0 Å². The van der Waals surface area contributed by atoms with E-state index in [0.717, 1.165) is 24.1 Å². The van der Waals surface area contributed by atoms with Crippen molar-refractivity contribution in [3.8, 4) is 0 Å². The highest BCUT2D eigenvalue weighted by Gasteiger charge is 2.16. The van der Waals surface area contributed by atoms with Gasteiger partial charge in [0.15, 0.2) is 4.67 Å². The molecule has 102 valence electrons. The summed E-state index contributed by atoms with van der Waals surface area (Å²) in [5, 5.41) is 3.59. The molecule has 2 aromatic rings. The molecule has 0 saturated heterocycles. The topological polar surface area (TPSA) is 25.2 Å². The van der Waals surface area contributed by atoms with Gasteiger partial charge in [0.05, 0.1) is 6.26 Å². The van der Waals surface area contributed by atoms with Gasteiger partial charge in [-0.15, -0.1) is 0 Å². The van der Waals surface area contributed by atoms with E-state index in [1.807, 2.05) is 6.07 Å². The van der Waals surface area contributed by atoms with Crippen molar-refractivity contribution < 1.29 is 4.42 Å². The first-order chi connectivity index (χ1) is 9.20. The van der Waals surface area contributed by atoms with Gasteiger partial charge in [-0.1, -0.05) is 36.8 Å². The van der Waals surface area contributed by atoms with Crippen LogP contribution >= 0.6 is 15.9 Å². The highest BCUT2D eigenvalue weighted by molar-refractivity contribution is 9.10. The quantitative estimate of drug-likeness (QED) is 0.838. The predicted octanol–water partition coefficient (Wildman–Crippen LogP) is 4.63. The highest BCUT2D eigenvalue weighted by Crippen LogP contribution is 2.27. The van der Waals surface area contributed by atoms with Crippen molar-refractivity contribution in [3.05, 3.63) is 58.0 Å². The summed E-state index contributed by atoms with van der Waals surface area (Å²) >= 11 is 3.48. The molecule has 1 aromatic heterocycles. The van der Waals surface area contributed by atoms with Gasteiger partial charge in [-0.25, -0.2) is 0 Å². The van der Waals surface area contributed by atoms with Crippen LogP contribution < -0.4 is 5.32 Å². The lowest BCUT2D eigenvalue weighted by Gasteiger charge is -2.18. The van der Waals surface area contributed by atoms with Crippen LogP contribution in [0, 0.1) is 6.92 Å². The molecule has 1 aromatic carbocycles. The van der Waals surface area contributed by atoms with Gasteiger partial charge < -0.3 is 9.73 Å². The molecule has 19 heavy (non-hydrogen) atoms. The van der Waals surface area contributed by atoms with E-state index in [1.165, 1.54) is 16.7 Å². The number of aryl methyl sites for hydroxylation is 1. The summed E-state index contributed by atoms with van der Waals surface area (Å²) in [7, 11) is 0. The largest absolute Gasteiger partial charge is 0.457 e. The molecular weight excluding hydrogens is 302 g/mol. The van der Waals surface area contributed by atoms with Crippen LogP contribution in [0.2, 0.25) is 0 Å². The fourth-order valence-electron chi connectivity index (χ4n) is 2.24. The predicted molar refractivity (Wildman–Crippen MR) is 82.3 cm³/mol. The molecule has 2 rings (SSSR count). The normalized spacial score (nSPS) is 12.6. The molecule has 2 nitrogen and oxygen atoms in total. The van der Waals surface area contributed by atoms with Crippen molar-refractivity contribution >= 4 is 15.9 Å². The van der Waals surface area contributed by atoms with E-state index in [2.05, 4.69) is 59.4 Å². The number of hydrogen-bond acceptors (Lipinski definition) is 2. The Labute approximate surface area is 123 Å².